The van der Waals surface area contributed by atoms with E-state index in [1.165, 1.54) is 12.1 Å². The Balaban J connectivity index is 1.58. The Hall–Kier alpha value is -1.60. The molecule has 3 rings (SSSR count). The molecule has 2 saturated heterocycles. The minimum absolute atomic E-state index is 0.0166. The van der Waals surface area contributed by atoms with Crippen molar-refractivity contribution < 1.29 is 22.7 Å². The van der Waals surface area contributed by atoms with E-state index in [-0.39, 0.29) is 12.0 Å². The fraction of sp³-hybridized carbons (Fsp3) is 0.611. The van der Waals surface area contributed by atoms with Crippen LogP contribution in [-0.2, 0) is 22.3 Å². The number of piperidine rings is 1. The molecule has 2 aliphatic heterocycles. The second-order valence-corrected chi connectivity index (χ2v) is 6.89. The summed E-state index contributed by atoms with van der Waals surface area (Å²) in [4.78, 5) is 13.8. The van der Waals surface area contributed by atoms with Gasteiger partial charge < -0.3 is 10.1 Å². The maximum Gasteiger partial charge on any atom is 0.416 e. The fourth-order valence-corrected chi connectivity index (χ4v) is 3.91. The first kappa shape index (κ1) is 18.2. The standard InChI is InChI=1S/C18H23F3N2O2/c1-22-17(24)8-16-15-5-6-23(10-13(15)11-25-16)9-12-3-2-4-14(7-12)18(19,20)21/h2-4,7,13,15-16H,5-6,8-11H2,1H3,(H,22,24)/t13-,15-,16+/m1/s1. The summed E-state index contributed by atoms with van der Waals surface area (Å²) in [5.41, 5.74) is 0.0730. The van der Waals surface area contributed by atoms with Crippen molar-refractivity contribution in [3.8, 4) is 0 Å². The van der Waals surface area contributed by atoms with E-state index < -0.39 is 11.7 Å². The van der Waals surface area contributed by atoms with Crippen LogP contribution in [0.4, 0.5) is 13.2 Å². The zero-order valence-corrected chi connectivity index (χ0v) is 14.2. The summed E-state index contributed by atoms with van der Waals surface area (Å²) in [6.07, 6.45) is -3.06. The van der Waals surface area contributed by atoms with Crippen molar-refractivity contribution in [3.63, 3.8) is 0 Å². The number of hydrogen-bond donors (Lipinski definition) is 1. The minimum atomic E-state index is -4.31. The number of rotatable bonds is 4. The number of carbonyl (C=O) groups excluding carboxylic acids is 1. The SMILES string of the molecule is CNC(=O)C[C@@H]1OC[C@H]2CN(Cc3cccc(C(F)(F)F)c3)CC[C@H]21. The number of alkyl halides is 3. The molecular formula is C18H23F3N2O2. The maximum absolute atomic E-state index is 12.8. The zero-order valence-electron chi connectivity index (χ0n) is 14.2. The summed E-state index contributed by atoms with van der Waals surface area (Å²) in [5.74, 6) is 0.682. The van der Waals surface area contributed by atoms with Crippen LogP contribution in [0.1, 0.15) is 24.0 Å². The van der Waals surface area contributed by atoms with Gasteiger partial charge in [0.2, 0.25) is 5.91 Å². The van der Waals surface area contributed by atoms with Crippen molar-refractivity contribution >= 4 is 5.91 Å². The lowest BCUT2D eigenvalue weighted by Gasteiger charge is -2.35. The average molecular weight is 356 g/mol. The number of nitrogens with one attached hydrogen (secondary N) is 1. The van der Waals surface area contributed by atoms with Crippen LogP contribution in [0.25, 0.3) is 0 Å². The van der Waals surface area contributed by atoms with Crippen molar-refractivity contribution in [2.45, 2.75) is 31.7 Å². The third-order valence-corrected chi connectivity index (χ3v) is 5.20. The van der Waals surface area contributed by atoms with E-state index in [0.29, 0.717) is 37.0 Å². The Morgan fingerprint density at radius 1 is 1.40 bits per heavy atom. The number of nitrogens with zero attached hydrogens (tertiary/aromatic N) is 1. The number of hydrogen-bond acceptors (Lipinski definition) is 3. The molecule has 1 aromatic carbocycles. The van der Waals surface area contributed by atoms with E-state index in [4.69, 9.17) is 4.74 Å². The van der Waals surface area contributed by atoms with Crippen LogP contribution in [0.3, 0.4) is 0 Å². The number of amides is 1. The molecule has 7 heteroatoms. The highest BCUT2D eigenvalue weighted by molar-refractivity contribution is 5.76. The molecule has 3 atom stereocenters. The van der Waals surface area contributed by atoms with E-state index >= 15 is 0 Å². The first-order valence-electron chi connectivity index (χ1n) is 8.57. The molecule has 138 valence electrons. The van der Waals surface area contributed by atoms with E-state index in [1.54, 1.807) is 13.1 Å². The summed E-state index contributed by atoms with van der Waals surface area (Å²) in [7, 11) is 1.62. The zero-order chi connectivity index (χ0) is 18.0. The fourth-order valence-electron chi connectivity index (χ4n) is 3.91. The van der Waals surface area contributed by atoms with Gasteiger partial charge in [-0.1, -0.05) is 18.2 Å². The lowest BCUT2D eigenvalue weighted by molar-refractivity contribution is -0.137. The molecule has 1 N–H and O–H groups in total. The van der Waals surface area contributed by atoms with Gasteiger partial charge in [-0.15, -0.1) is 0 Å². The predicted molar refractivity (Wildman–Crippen MR) is 86.7 cm³/mol. The van der Waals surface area contributed by atoms with Crippen molar-refractivity contribution in [3.05, 3.63) is 35.4 Å². The van der Waals surface area contributed by atoms with Crippen molar-refractivity contribution in [1.82, 2.24) is 10.2 Å². The Kier molecular flexibility index (Phi) is 5.34. The van der Waals surface area contributed by atoms with E-state index in [0.717, 1.165) is 25.6 Å². The van der Waals surface area contributed by atoms with Gasteiger partial charge in [0.25, 0.3) is 0 Å². The molecule has 0 aliphatic carbocycles. The molecule has 4 nitrogen and oxygen atoms in total. The molecular weight excluding hydrogens is 333 g/mol. The second-order valence-electron chi connectivity index (χ2n) is 6.89. The molecule has 0 saturated carbocycles. The maximum atomic E-state index is 12.8. The molecule has 0 radical (unpaired) electrons. The van der Waals surface area contributed by atoms with Gasteiger partial charge in [0.05, 0.1) is 24.7 Å². The molecule has 2 fully saturated rings. The number of benzene rings is 1. The minimum Gasteiger partial charge on any atom is -0.377 e. The molecule has 25 heavy (non-hydrogen) atoms. The molecule has 2 heterocycles. The number of fused-ring (bicyclic) bond motifs is 1. The van der Waals surface area contributed by atoms with Gasteiger partial charge in [-0.25, -0.2) is 0 Å². The monoisotopic (exact) mass is 356 g/mol. The van der Waals surface area contributed by atoms with Gasteiger partial charge in [-0.3, -0.25) is 9.69 Å². The largest absolute Gasteiger partial charge is 0.416 e. The molecule has 1 aromatic rings. The second kappa shape index (κ2) is 7.33. The Labute approximate surface area is 145 Å². The van der Waals surface area contributed by atoms with Gasteiger partial charge >= 0.3 is 6.18 Å². The van der Waals surface area contributed by atoms with E-state index in [9.17, 15) is 18.0 Å². The van der Waals surface area contributed by atoms with E-state index in [1.807, 2.05) is 0 Å². The first-order valence-corrected chi connectivity index (χ1v) is 8.57. The van der Waals surface area contributed by atoms with Crippen LogP contribution >= 0.6 is 0 Å². The quantitative estimate of drug-likeness (QED) is 0.902. The normalized spacial score (nSPS) is 27.1. The van der Waals surface area contributed by atoms with Crippen molar-refractivity contribution in [1.29, 1.82) is 0 Å². The lowest BCUT2D eigenvalue weighted by Crippen LogP contribution is -2.41. The predicted octanol–water partition coefficient (Wildman–Crippen LogP) is 2.68. The van der Waals surface area contributed by atoms with Crippen LogP contribution in [0.5, 0.6) is 0 Å². The Morgan fingerprint density at radius 3 is 2.92 bits per heavy atom. The van der Waals surface area contributed by atoms with Gasteiger partial charge in [0.15, 0.2) is 0 Å². The lowest BCUT2D eigenvalue weighted by atomic mass is 9.83. The highest BCUT2D eigenvalue weighted by Gasteiger charge is 2.41. The molecule has 0 spiro atoms. The highest BCUT2D eigenvalue weighted by atomic mass is 19.4. The molecule has 0 unspecified atom stereocenters. The summed E-state index contributed by atoms with van der Waals surface area (Å²) >= 11 is 0. The van der Waals surface area contributed by atoms with Gasteiger partial charge in [-0.2, -0.15) is 13.2 Å². The number of likely N-dealkylation sites (tertiary alicyclic amines) is 1. The Morgan fingerprint density at radius 2 is 2.20 bits per heavy atom. The van der Waals surface area contributed by atoms with Crippen molar-refractivity contribution in [2.75, 3.05) is 26.7 Å². The third-order valence-electron chi connectivity index (χ3n) is 5.20. The van der Waals surface area contributed by atoms with Crippen LogP contribution in [-0.4, -0.2) is 43.7 Å². The Bertz CT molecular complexity index is 621. The highest BCUT2D eigenvalue weighted by Crippen LogP contribution is 2.36. The molecule has 0 aromatic heterocycles. The van der Waals surface area contributed by atoms with Gasteiger partial charge in [-0.05, 0) is 30.5 Å². The van der Waals surface area contributed by atoms with Crippen LogP contribution in [0.2, 0.25) is 0 Å². The number of carbonyl (C=O) groups is 1. The van der Waals surface area contributed by atoms with Crippen LogP contribution < -0.4 is 5.32 Å². The number of ether oxygens (including phenoxy) is 1. The summed E-state index contributed by atoms with van der Waals surface area (Å²) < 4.78 is 44.3. The van der Waals surface area contributed by atoms with Crippen LogP contribution in [0, 0.1) is 11.8 Å². The summed E-state index contributed by atoms with van der Waals surface area (Å²) in [6.45, 7) is 2.73. The topological polar surface area (TPSA) is 41.6 Å². The summed E-state index contributed by atoms with van der Waals surface area (Å²) in [6, 6.07) is 5.53. The summed E-state index contributed by atoms with van der Waals surface area (Å²) in [5, 5.41) is 2.62. The molecule has 0 bridgehead atoms. The van der Waals surface area contributed by atoms with Gasteiger partial charge in [0.1, 0.15) is 0 Å². The van der Waals surface area contributed by atoms with Crippen LogP contribution in [0.15, 0.2) is 24.3 Å². The molecule has 2 aliphatic rings. The van der Waals surface area contributed by atoms with Crippen molar-refractivity contribution in [2.24, 2.45) is 11.8 Å². The third kappa shape index (κ3) is 4.33. The smallest absolute Gasteiger partial charge is 0.377 e. The van der Waals surface area contributed by atoms with Gasteiger partial charge in [0, 0.05) is 26.1 Å². The number of halogens is 3. The average Bonchev–Trinajstić information content (AvgIpc) is 2.96. The molecule has 1 amide bonds. The first-order chi connectivity index (χ1) is 11.9. The van der Waals surface area contributed by atoms with E-state index in [2.05, 4.69) is 10.2 Å².